The Morgan fingerprint density at radius 1 is 0.853 bits per heavy atom. The van der Waals surface area contributed by atoms with Crippen LogP contribution >= 0.6 is 0 Å². The van der Waals surface area contributed by atoms with E-state index >= 15 is 0 Å². The van der Waals surface area contributed by atoms with E-state index < -0.39 is 0 Å². The molecule has 9 atom stereocenters. The highest BCUT2D eigenvalue weighted by Crippen LogP contribution is 2.69. The fourth-order valence-electron chi connectivity index (χ4n) is 10.5. The number of fused-ring (bicyclic) bond motifs is 5. The number of anilines is 1. The van der Waals surface area contributed by atoms with Gasteiger partial charge in [0.1, 0.15) is 0 Å². The molecule has 1 aromatic rings. The van der Waals surface area contributed by atoms with E-state index in [1.165, 1.54) is 82.6 Å². The van der Waals surface area contributed by atoms with Gasteiger partial charge < -0.3 is 5.73 Å². The van der Waals surface area contributed by atoms with E-state index in [4.69, 9.17) is 5.73 Å². The first kappa shape index (κ1) is 24.7. The van der Waals surface area contributed by atoms with Crippen molar-refractivity contribution in [2.24, 2.45) is 52.3 Å². The van der Waals surface area contributed by atoms with E-state index in [1.54, 1.807) is 0 Å². The summed E-state index contributed by atoms with van der Waals surface area (Å²) in [6.45, 7) is 12.9. The van der Waals surface area contributed by atoms with Gasteiger partial charge in [-0.2, -0.15) is 0 Å². The normalized spacial score (nSPS) is 42.6. The quantitative estimate of drug-likeness (QED) is 0.418. The highest BCUT2D eigenvalue weighted by molar-refractivity contribution is 5.48. The van der Waals surface area contributed by atoms with Gasteiger partial charge in [-0.05, 0) is 128 Å². The van der Waals surface area contributed by atoms with Crippen LogP contribution in [0.2, 0.25) is 0 Å². The lowest BCUT2D eigenvalue weighted by molar-refractivity contribution is -0.117. The highest BCUT2D eigenvalue weighted by atomic mass is 14.7. The minimum Gasteiger partial charge on any atom is -0.398 e. The Labute approximate surface area is 211 Å². The maximum atomic E-state index is 6.48. The Morgan fingerprint density at radius 2 is 1.59 bits per heavy atom. The maximum absolute atomic E-state index is 6.48. The molecule has 190 valence electrons. The van der Waals surface area contributed by atoms with Gasteiger partial charge in [0.25, 0.3) is 0 Å². The van der Waals surface area contributed by atoms with Crippen LogP contribution in [0.25, 0.3) is 0 Å². The average molecular weight is 464 g/mol. The first-order valence-electron chi connectivity index (χ1n) is 15.1. The van der Waals surface area contributed by atoms with Gasteiger partial charge >= 0.3 is 0 Å². The largest absolute Gasteiger partial charge is 0.398 e. The molecule has 34 heavy (non-hydrogen) atoms. The molecule has 4 aliphatic carbocycles. The minimum absolute atomic E-state index is 0.524. The molecule has 0 radical (unpaired) electrons. The van der Waals surface area contributed by atoms with Crippen molar-refractivity contribution in [2.45, 2.75) is 118 Å². The molecular formula is C33H53N. The topological polar surface area (TPSA) is 26.0 Å². The van der Waals surface area contributed by atoms with E-state index in [-0.39, 0.29) is 0 Å². The van der Waals surface area contributed by atoms with Gasteiger partial charge in [0, 0.05) is 5.69 Å². The van der Waals surface area contributed by atoms with Gasteiger partial charge in [-0.3, -0.25) is 0 Å². The van der Waals surface area contributed by atoms with Crippen LogP contribution in [0.5, 0.6) is 0 Å². The summed E-state index contributed by atoms with van der Waals surface area (Å²) < 4.78 is 0. The van der Waals surface area contributed by atoms with Crippen LogP contribution in [-0.2, 0) is 0 Å². The van der Waals surface area contributed by atoms with Crippen LogP contribution in [0.15, 0.2) is 24.3 Å². The predicted molar refractivity (Wildman–Crippen MR) is 147 cm³/mol. The Balaban J connectivity index is 1.32. The molecule has 0 spiro atoms. The molecule has 4 aliphatic rings. The number of para-hydroxylation sites is 1. The second kappa shape index (κ2) is 9.48. The molecule has 1 heteroatoms. The summed E-state index contributed by atoms with van der Waals surface area (Å²) in [5, 5.41) is 0. The number of hydrogen-bond acceptors (Lipinski definition) is 1. The summed E-state index contributed by atoms with van der Waals surface area (Å²) in [6, 6.07) is 8.76. The molecule has 5 rings (SSSR count). The minimum atomic E-state index is 0.524. The standard InChI is InChI=1S/C33H53N/c1-22(2)9-8-10-23(3)28-17-18-29-27-16-15-25-14-13-24(26-11-6-7-12-31(26)34)21-33(25,5)30(27)19-20-32(28,29)4/h6-7,11-12,22-25,27-30H,8-10,13-21,34H2,1-5H3. The number of hydrogen-bond donors (Lipinski definition) is 1. The summed E-state index contributed by atoms with van der Waals surface area (Å²) in [6.07, 6.45) is 17.5. The van der Waals surface area contributed by atoms with Crippen molar-refractivity contribution in [3.63, 3.8) is 0 Å². The van der Waals surface area contributed by atoms with Gasteiger partial charge in [-0.15, -0.1) is 0 Å². The summed E-state index contributed by atoms with van der Waals surface area (Å²) in [7, 11) is 0. The molecule has 0 saturated heterocycles. The molecule has 0 bridgehead atoms. The second-order valence-corrected chi connectivity index (χ2v) is 14.3. The zero-order chi connectivity index (χ0) is 24.1. The molecular weight excluding hydrogens is 410 g/mol. The zero-order valence-corrected chi connectivity index (χ0v) is 23.0. The summed E-state index contributed by atoms with van der Waals surface area (Å²) in [5.41, 5.74) is 10.1. The van der Waals surface area contributed by atoms with Gasteiger partial charge in [0.2, 0.25) is 0 Å². The SMILES string of the molecule is CC(C)CCCC(C)C1CCC2C3CCC4CCC(c5ccccc5N)CC4(C)C3CCC12C. The third kappa shape index (κ3) is 4.16. The summed E-state index contributed by atoms with van der Waals surface area (Å²) in [4.78, 5) is 0. The van der Waals surface area contributed by atoms with Gasteiger partial charge in [-0.25, -0.2) is 0 Å². The van der Waals surface area contributed by atoms with Gasteiger partial charge in [0.05, 0.1) is 0 Å². The molecule has 1 nitrogen and oxygen atoms in total. The maximum Gasteiger partial charge on any atom is 0.0349 e. The zero-order valence-electron chi connectivity index (χ0n) is 23.0. The van der Waals surface area contributed by atoms with E-state index in [9.17, 15) is 0 Å². The predicted octanol–water partition coefficient (Wildman–Crippen LogP) is 9.47. The third-order valence-electron chi connectivity index (χ3n) is 12.3. The molecule has 1 aromatic carbocycles. The van der Waals surface area contributed by atoms with Crippen LogP contribution in [0.1, 0.15) is 123 Å². The first-order chi connectivity index (χ1) is 16.2. The fourth-order valence-corrected chi connectivity index (χ4v) is 10.5. The highest BCUT2D eigenvalue weighted by Gasteiger charge is 2.60. The number of nitrogens with two attached hydrogens (primary N) is 1. The van der Waals surface area contributed by atoms with Crippen LogP contribution in [0.3, 0.4) is 0 Å². The number of nitrogen functional groups attached to an aromatic ring is 1. The second-order valence-electron chi connectivity index (χ2n) is 14.3. The number of rotatable bonds is 6. The smallest absolute Gasteiger partial charge is 0.0349 e. The summed E-state index contributed by atoms with van der Waals surface area (Å²) in [5.74, 6) is 7.29. The van der Waals surface area contributed by atoms with E-state index in [1.807, 2.05) is 0 Å². The lowest BCUT2D eigenvalue weighted by atomic mass is 9.43. The van der Waals surface area contributed by atoms with Crippen molar-refractivity contribution >= 4 is 5.69 Å². The molecule has 4 saturated carbocycles. The van der Waals surface area contributed by atoms with Crippen molar-refractivity contribution < 1.29 is 0 Å². The van der Waals surface area contributed by atoms with Crippen molar-refractivity contribution in [3.05, 3.63) is 29.8 Å². The molecule has 9 unspecified atom stereocenters. The lowest BCUT2D eigenvalue weighted by Gasteiger charge is -2.61. The van der Waals surface area contributed by atoms with E-state index in [0.29, 0.717) is 16.7 Å². The van der Waals surface area contributed by atoms with Gasteiger partial charge in [0.15, 0.2) is 0 Å². The fraction of sp³-hybridized carbons (Fsp3) is 0.818. The molecule has 0 aromatic heterocycles. The van der Waals surface area contributed by atoms with Crippen LogP contribution < -0.4 is 5.73 Å². The first-order valence-corrected chi connectivity index (χ1v) is 15.1. The van der Waals surface area contributed by atoms with Crippen molar-refractivity contribution in [3.8, 4) is 0 Å². The average Bonchev–Trinajstić information content (AvgIpc) is 3.15. The van der Waals surface area contributed by atoms with Crippen LogP contribution in [-0.4, -0.2) is 0 Å². The van der Waals surface area contributed by atoms with E-state index in [0.717, 1.165) is 47.1 Å². The Hall–Kier alpha value is -0.980. The van der Waals surface area contributed by atoms with Crippen molar-refractivity contribution in [2.75, 3.05) is 5.73 Å². The number of benzene rings is 1. The Bertz CT molecular complexity index is 843. The molecule has 2 N–H and O–H groups in total. The third-order valence-corrected chi connectivity index (χ3v) is 12.3. The molecule has 0 heterocycles. The summed E-state index contributed by atoms with van der Waals surface area (Å²) >= 11 is 0. The van der Waals surface area contributed by atoms with Crippen molar-refractivity contribution in [1.29, 1.82) is 0 Å². The van der Waals surface area contributed by atoms with Crippen LogP contribution in [0, 0.1) is 52.3 Å². The lowest BCUT2D eigenvalue weighted by Crippen LogP contribution is -2.53. The van der Waals surface area contributed by atoms with E-state index in [2.05, 4.69) is 58.9 Å². The monoisotopic (exact) mass is 463 g/mol. The Kier molecular flexibility index (Phi) is 6.89. The molecule has 0 aliphatic heterocycles. The molecule has 4 fully saturated rings. The van der Waals surface area contributed by atoms with Crippen molar-refractivity contribution in [1.82, 2.24) is 0 Å². The van der Waals surface area contributed by atoms with Gasteiger partial charge in [-0.1, -0.05) is 72.1 Å². The molecule has 0 amide bonds. The Morgan fingerprint density at radius 3 is 2.35 bits per heavy atom. The van der Waals surface area contributed by atoms with Crippen LogP contribution in [0.4, 0.5) is 5.69 Å².